The summed E-state index contributed by atoms with van der Waals surface area (Å²) in [7, 11) is -1.17. The molecule has 0 radical (unpaired) electrons. The van der Waals surface area contributed by atoms with Crippen molar-refractivity contribution in [3.63, 3.8) is 0 Å². The number of pyridine rings is 1. The molecule has 0 fully saturated rings. The Morgan fingerprint density at radius 2 is 1.50 bits per heavy atom. The molecule has 1 heterocycles. The topological polar surface area (TPSA) is 53.4 Å². The summed E-state index contributed by atoms with van der Waals surface area (Å²) < 4.78 is 0. The second-order valence-electron chi connectivity index (χ2n) is 1.66. The normalized spacial score (nSPS) is 7.50. The molecule has 0 amide bonds. The maximum Gasteiger partial charge on any atom is 0.448 e. The molecule has 0 saturated heterocycles. The van der Waals surface area contributed by atoms with E-state index in [0.29, 0.717) is 0 Å². The molecule has 2 N–H and O–H groups in total. The van der Waals surface area contributed by atoms with Gasteiger partial charge in [0.05, 0.1) is 0 Å². The quantitative estimate of drug-likeness (QED) is 0.503. The van der Waals surface area contributed by atoms with E-state index < -0.39 is 7.12 Å². The molecule has 54 valence electrons. The van der Waals surface area contributed by atoms with Gasteiger partial charge in [-0.3, -0.25) is 4.98 Å². The van der Waals surface area contributed by atoms with E-state index in [1.807, 2.05) is 18.2 Å². The molecular weight excluding hydrogens is 129 g/mol. The Morgan fingerprint density at radius 1 is 1.10 bits per heavy atom. The lowest BCUT2D eigenvalue weighted by Crippen LogP contribution is -2.00. The molecule has 0 aromatic carbocycles. The zero-order chi connectivity index (χ0) is 7.82. The van der Waals surface area contributed by atoms with Crippen molar-refractivity contribution < 1.29 is 10.0 Å². The van der Waals surface area contributed by atoms with Crippen molar-refractivity contribution in [2.45, 2.75) is 6.82 Å². The van der Waals surface area contributed by atoms with Gasteiger partial charge >= 0.3 is 7.12 Å². The molecular formula is C6H10BNO2. The van der Waals surface area contributed by atoms with Crippen LogP contribution in [0.15, 0.2) is 30.6 Å². The Kier molecular flexibility index (Phi) is 5.72. The minimum absolute atomic E-state index is 1.17. The van der Waals surface area contributed by atoms with E-state index in [9.17, 15) is 0 Å². The van der Waals surface area contributed by atoms with Gasteiger partial charge in [-0.05, 0) is 19.0 Å². The van der Waals surface area contributed by atoms with Gasteiger partial charge in [0.2, 0.25) is 0 Å². The van der Waals surface area contributed by atoms with Crippen molar-refractivity contribution >= 4 is 7.12 Å². The van der Waals surface area contributed by atoms with Crippen molar-refractivity contribution in [1.29, 1.82) is 0 Å². The van der Waals surface area contributed by atoms with E-state index in [2.05, 4.69) is 4.98 Å². The molecule has 1 rings (SSSR count). The van der Waals surface area contributed by atoms with E-state index in [1.54, 1.807) is 12.4 Å². The molecule has 0 unspecified atom stereocenters. The molecule has 0 saturated carbocycles. The number of hydrogen-bond donors (Lipinski definition) is 2. The smallest absolute Gasteiger partial charge is 0.427 e. The van der Waals surface area contributed by atoms with E-state index >= 15 is 0 Å². The largest absolute Gasteiger partial charge is 0.448 e. The number of hydrogen-bond acceptors (Lipinski definition) is 3. The van der Waals surface area contributed by atoms with Gasteiger partial charge in [-0.15, -0.1) is 0 Å². The minimum atomic E-state index is -1.17. The van der Waals surface area contributed by atoms with Crippen molar-refractivity contribution in [3.05, 3.63) is 30.6 Å². The Balaban J connectivity index is 0.000000180. The van der Waals surface area contributed by atoms with Gasteiger partial charge in [-0.2, -0.15) is 0 Å². The summed E-state index contributed by atoms with van der Waals surface area (Å²) in [4.78, 5) is 3.78. The van der Waals surface area contributed by atoms with Crippen LogP contribution in [0.2, 0.25) is 6.82 Å². The second kappa shape index (κ2) is 6.26. The molecule has 0 spiro atoms. The third kappa shape index (κ3) is 10.2. The van der Waals surface area contributed by atoms with Gasteiger partial charge < -0.3 is 10.0 Å². The standard InChI is InChI=1S/C5H5N.CH5BO2/c1-2-4-6-5-3-1;1-2(3)4/h1-5H;3-4H,1H3. The highest BCUT2D eigenvalue weighted by molar-refractivity contribution is 6.38. The first-order valence-electron chi connectivity index (χ1n) is 2.94. The molecule has 1 aromatic heterocycles. The van der Waals surface area contributed by atoms with Crippen molar-refractivity contribution in [2.24, 2.45) is 0 Å². The predicted molar refractivity (Wildman–Crippen MR) is 40.3 cm³/mol. The molecule has 4 heteroatoms. The second-order valence-corrected chi connectivity index (χ2v) is 1.66. The third-order valence-electron chi connectivity index (χ3n) is 0.566. The summed E-state index contributed by atoms with van der Waals surface area (Å²) in [6.07, 6.45) is 3.50. The van der Waals surface area contributed by atoms with Crippen molar-refractivity contribution in [3.8, 4) is 0 Å². The molecule has 0 aliphatic carbocycles. The monoisotopic (exact) mass is 139 g/mol. The van der Waals surface area contributed by atoms with E-state index in [4.69, 9.17) is 10.0 Å². The molecule has 1 aromatic rings. The van der Waals surface area contributed by atoms with Crippen LogP contribution >= 0.6 is 0 Å². The molecule has 3 nitrogen and oxygen atoms in total. The first-order chi connectivity index (χ1) is 4.73. The fourth-order valence-corrected chi connectivity index (χ4v) is 0.313. The van der Waals surface area contributed by atoms with Crippen LogP contribution in [0.3, 0.4) is 0 Å². The van der Waals surface area contributed by atoms with E-state index in [1.165, 1.54) is 6.82 Å². The van der Waals surface area contributed by atoms with Gasteiger partial charge in [-0.1, -0.05) is 6.07 Å². The summed E-state index contributed by atoms with van der Waals surface area (Å²) in [5, 5.41) is 15.2. The molecule has 0 aliphatic heterocycles. The molecule has 0 atom stereocenters. The Labute approximate surface area is 60.5 Å². The maximum absolute atomic E-state index is 7.61. The van der Waals surface area contributed by atoms with E-state index in [0.717, 1.165) is 0 Å². The van der Waals surface area contributed by atoms with Crippen LogP contribution < -0.4 is 0 Å². The highest BCUT2D eigenvalue weighted by Crippen LogP contribution is 1.73. The zero-order valence-corrected chi connectivity index (χ0v) is 5.81. The van der Waals surface area contributed by atoms with Crippen LogP contribution in [0.4, 0.5) is 0 Å². The number of nitrogens with zero attached hydrogens (tertiary/aromatic N) is 1. The molecule has 10 heavy (non-hydrogen) atoms. The van der Waals surface area contributed by atoms with Crippen LogP contribution in [0, 0.1) is 0 Å². The lowest BCUT2D eigenvalue weighted by Gasteiger charge is -1.71. The summed E-state index contributed by atoms with van der Waals surface area (Å²) in [5.74, 6) is 0. The lowest BCUT2D eigenvalue weighted by molar-refractivity contribution is 0.417. The predicted octanol–water partition coefficient (Wildman–Crippen LogP) is 0.171. The Bertz CT molecular complexity index is 116. The molecule has 0 aliphatic rings. The van der Waals surface area contributed by atoms with Crippen LogP contribution in [0.5, 0.6) is 0 Å². The van der Waals surface area contributed by atoms with Crippen molar-refractivity contribution in [1.82, 2.24) is 4.98 Å². The highest BCUT2D eigenvalue weighted by atomic mass is 16.4. The Hall–Kier alpha value is -0.865. The van der Waals surface area contributed by atoms with Crippen LogP contribution in [-0.4, -0.2) is 22.2 Å². The van der Waals surface area contributed by atoms with Crippen LogP contribution in [0.1, 0.15) is 0 Å². The first kappa shape index (κ1) is 9.13. The van der Waals surface area contributed by atoms with Gasteiger partial charge in [0.1, 0.15) is 0 Å². The van der Waals surface area contributed by atoms with E-state index in [-0.39, 0.29) is 0 Å². The number of aromatic nitrogens is 1. The number of rotatable bonds is 0. The summed E-state index contributed by atoms with van der Waals surface area (Å²) in [5.41, 5.74) is 0. The average Bonchev–Trinajstić information content (AvgIpc) is 1.90. The summed E-state index contributed by atoms with van der Waals surface area (Å²) in [6.45, 7) is 1.28. The van der Waals surface area contributed by atoms with Crippen LogP contribution in [0.25, 0.3) is 0 Å². The van der Waals surface area contributed by atoms with Crippen LogP contribution in [-0.2, 0) is 0 Å². The van der Waals surface area contributed by atoms with Gasteiger partial charge in [0, 0.05) is 12.4 Å². The highest BCUT2D eigenvalue weighted by Gasteiger charge is 1.86. The third-order valence-corrected chi connectivity index (χ3v) is 0.566. The maximum atomic E-state index is 7.61. The van der Waals surface area contributed by atoms with Gasteiger partial charge in [-0.25, -0.2) is 0 Å². The lowest BCUT2D eigenvalue weighted by atomic mass is 9.99. The Morgan fingerprint density at radius 3 is 1.60 bits per heavy atom. The van der Waals surface area contributed by atoms with Gasteiger partial charge in [0.25, 0.3) is 0 Å². The summed E-state index contributed by atoms with van der Waals surface area (Å²) >= 11 is 0. The summed E-state index contributed by atoms with van der Waals surface area (Å²) in [6, 6.07) is 5.72. The average molecular weight is 139 g/mol. The van der Waals surface area contributed by atoms with Crippen molar-refractivity contribution in [2.75, 3.05) is 0 Å². The molecule has 0 bridgehead atoms. The first-order valence-corrected chi connectivity index (χ1v) is 2.94. The zero-order valence-electron chi connectivity index (χ0n) is 5.81. The SMILES string of the molecule is CB(O)O.c1ccncc1. The minimum Gasteiger partial charge on any atom is -0.427 e. The fourth-order valence-electron chi connectivity index (χ4n) is 0.313. The fraction of sp³-hybridized carbons (Fsp3) is 0.167. The van der Waals surface area contributed by atoms with Gasteiger partial charge in [0.15, 0.2) is 0 Å².